The van der Waals surface area contributed by atoms with Gasteiger partial charge in [-0.2, -0.15) is 0 Å². The van der Waals surface area contributed by atoms with Gasteiger partial charge in [0, 0.05) is 25.2 Å². The van der Waals surface area contributed by atoms with Crippen molar-refractivity contribution in [2.75, 3.05) is 20.6 Å². The normalized spacial score (nSPS) is 16.4. The fraction of sp³-hybridized carbons (Fsp3) is 0.296. The summed E-state index contributed by atoms with van der Waals surface area (Å²) in [7, 11) is 4.07. The molecule has 0 saturated carbocycles. The van der Waals surface area contributed by atoms with Gasteiger partial charge >= 0.3 is 6.36 Å². The first-order valence-corrected chi connectivity index (χ1v) is 11.1. The van der Waals surface area contributed by atoms with Gasteiger partial charge in [0.25, 0.3) is 5.91 Å². The molecule has 4 rings (SSSR count). The van der Waals surface area contributed by atoms with E-state index in [9.17, 15) is 18.0 Å². The maximum Gasteiger partial charge on any atom is 0.573 e. The molecule has 1 aliphatic heterocycles. The van der Waals surface area contributed by atoms with E-state index in [0.717, 1.165) is 40.0 Å². The summed E-state index contributed by atoms with van der Waals surface area (Å²) < 4.78 is 41.1. The first-order valence-electron chi connectivity index (χ1n) is 11.1. The Hall–Kier alpha value is -3.32. The summed E-state index contributed by atoms with van der Waals surface area (Å²) in [5.74, 6) is -0.322. The third-order valence-electron chi connectivity index (χ3n) is 5.86. The lowest BCUT2D eigenvalue weighted by molar-refractivity contribution is -0.274. The molecule has 4 nitrogen and oxygen atoms in total. The summed E-state index contributed by atoms with van der Waals surface area (Å²) >= 11 is 0. The first-order chi connectivity index (χ1) is 16.1. The highest BCUT2D eigenvalue weighted by atomic mass is 19.4. The minimum atomic E-state index is -4.73. The Kier molecular flexibility index (Phi) is 6.66. The van der Waals surface area contributed by atoms with Gasteiger partial charge in [0.15, 0.2) is 0 Å². The van der Waals surface area contributed by atoms with E-state index in [1.165, 1.54) is 17.7 Å². The molecule has 1 saturated heterocycles. The smallest absolute Gasteiger partial charge is 0.406 e. The number of benzene rings is 2. The van der Waals surface area contributed by atoms with Crippen molar-refractivity contribution in [3.05, 3.63) is 94.1 Å². The van der Waals surface area contributed by atoms with E-state index in [0.29, 0.717) is 19.5 Å². The number of amides is 1. The first kappa shape index (κ1) is 23.8. The van der Waals surface area contributed by atoms with Gasteiger partial charge in [-0.05, 0) is 79.6 Å². The van der Waals surface area contributed by atoms with Gasteiger partial charge < -0.3 is 14.5 Å². The topological polar surface area (TPSA) is 32.8 Å². The van der Waals surface area contributed by atoms with Gasteiger partial charge in [-0.25, -0.2) is 0 Å². The third-order valence-corrected chi connectivity index (χ3v) is 5.86. The fourth-order valence-electron chi connectivity index (χ4n) is 4.40. The second-order valence-corrected chi connectivity index (χ2v) is 8.98. The number of halogens is 3. The van der Waals surface area contributed by atoms with Crippen molar-refractivity contribution in [3.8, 4) is 5.75 Å². The molecule has 0 bridgehead atoms. The van der Waals surface area contributed by atoms with Crippen LogP contribution in [0.2, 0.25) is 0 Å². The number of rotatable bonds is 6. The van der Waals surface area contributed by atoms with Crippen LogP contribution in [-0.4, -0.2) is 42.7 Å². The van der Waals surface area contributed by atoms with Crippen LogP contribution < -0.4 is 4.74 Å². The number of carbonyl (C=O) groups excluding carboxylic acids is 1. The monoisotopic (exact) mass is 468 g/mol. The Morgan fingerprint density at radius 3 is 2.47 bits per heavy atom. The van der Waals surface area contributed by atoms with Crippen LogP contribution in [-0.2, 0) is 17.9 Å². The molecule has 1 fully saturated rings. The summed E-state index contributed by atoms with van der Waals surface area (Å²) in [6.07, 6.45) is 0.220. The van der Waals surface area contributed by atoms with E-state index < -0.39 is 6.36 Å². The van der Waals surface area contributed by atoms with Gasteiger partial charge in [0.05, 0.1) is 0 Å². The van der Waals surface area contributed by atoms with Crippen LogP contribution in [0.1, 0.15) is 30.0 Å². The molecule has 0 atom stereocenters. The van der Waals surface area contributed by atoms with Crippen LogP contribution in [0.3, 0.4) is 0 Å². The number of hydrogen-bond donors (Lipinski definition) is 0. The summed E-state index contributed by atoms with van der Waals surface area (Å²) in [5, 5.41) is 0. The Bertz CT molecular complexity index is 1180. The fourth-order valence-corrected chi connectivity index (χ4v) is 4.40. The van der Waals surface area contributed by atoms with Gasteiger partial charge in [0.1, 0.15) is 5.75 Å². The molecule has 2 aliphatic rings. The molecule has 178 valence electrons. The zero-order valence-electron chi connectivity index (χ0n) is 19.4. The minimum Gasteiger partial charge on any atom is -0.406 e. The lowest BCUT2D eigenvalue weighted by atomic mass is 10.00. The highest BCUT2D eigenvalue weighted by Crippen LogP contribution is 2.35. The van der Waals surface area contributed by atoms with E-state index >= 15 is 0 Å². The maximum absolute atomic E-state index is 13.2. The van der Waals surface area contributed by atoms with Crippen molar-refractivity contribution in [2.24, 2.45) is 0 Å². The molecule has 1 heterocycles. The van der Waals surface area contributed by atoms with Gasteiger partial charge in [-0.3, -0.25) is 4.79 Å². The molecule has 0 aromatic heterocycles. The Morgan fingerprint density at radius 1 is 1.06 bits per heavy atom. The largest absolute Gasteiger partial charge is 0.573 e. The molecule has 0 unspecified atom stereocenters. The molecule has 7 heteroatoms. The molecular weight excluding hydrogens is 441 g/mol. The summed E-state index contributed by atoms with van der Waals surface area (Å²) in [5.41, 5.74) is 6.91. The van der Waals surface area contributed by atoms with Crippen molar-refractivity contribution >= 4 is 11.5 Å². The molecule has 2 aromatic rings. The quantitative estimate of drug-likeness (QED) is 0.544. The average Bonchev–Trinajstić information content (AvgIpc) is 2.95. The van der Waals surface area contributed by atoms with Crippen molar-refractivity contribution in [1.82, 2.24) is 9.80 Å². The summed E-state index contributed by atoms with van der Waals surface area (Å²) in [6, 6.07) is 14.1. The van der Waals surface area contributed by atoms with Crippen molar-refractivity contribution < 1.29 is 22.7 Å². The van der Waals surface area contributed by atoms with Crippen LogP contribution >= 0.6 is 0 Å². The van der Waals surface area contributed by atoms with Crippen molar-refractivity contribution in [3.63, 3.8) is 0 Å². The van der Waals surface area contributed by atoms with E-state index in [-0.39, 0.29) is 11.7 Å². The van der Waals surface area contributed by atoms with Crippen LogP contribution in [0.5, 0.6) is 5.75 Å². The molecule has 34 heavy (non-hydrogen) atoms. The Labute approximate surface area is 197 Å². The number of carbonyl (C=O) groups is 1. The van der Waals surface area contributed by atoms with Crippen LogP contribution in [0.4, 0.5) is 13.2 Å². The molecule has 0 N–H and O–H groups in total. The number of hydrogen-bond acceptors (Lipinski definition) is 3. The molecule has 1 amide bonds. The Morgan fingerprint density at radius 2 is 1.79 bits per heavy atom. The standard InChI is InChI=1S/C27H27F3N2O2/c1-18-7-10-22(21-6-4-5-20(13-21)15-31(2)3)14-23-17-32(26(33)25(18)23)16-19-8-11-24(12-9-19)34-27(28,29)30/h4-6,8-14H,7,15-17H2,1-3H3. The predicted molar refractivity (Wildman–Crippen MR) is 126 cm³/mol. The number of ether oxygens (including phenoxy) is 1. The Balaban J connectivity index is 1.54. The number of alkyl halides is 3. The van der Waals surface area contributed by atoms with Crippen LogP contribution in [0, 0.1) is 0 Å². The second kappa shape index (κ2) is 9.50. The van der Waals surface area contributed by atoms with Gasteiger partial charge in [0.2, 0.25) is 0 Å². The molecule has 0 spiro atoms. The number of allylic oxidation sites excluding steroid dienone is 4. The lowest BCUT2D eigenvalue weighted by Gasteiger charge is -2.16. The zero-order valence-corrected chi connectivity index (χ0v) is 19.4. The predicted octanol–water partition coefficient (Wildman–Crippen LogP) is 5.72. The highest BCUT2D eigenvalue weighted by Gasteiger charge is 2.33. The minimum absolute atomic E-state index is 0.0459. The second-order valence-electron chi connectivity index (χ2n) is 8.98. The summed E-state index contributed by atoms with van der Waals surface area (Å²) in [4.78, 5) is 17.1. The van der Waals surface area contributed by atoms with Crippen LogP contribution in [0.15, 0.2) is 77.4 Å². The molecule has 2 aromatic carbocycles. The van der Waals surface area contributed by atoms with Gasteiger partial charge in [-0.15, -0.1) is 13.2 Å². The molecule has 0 radical (unpaired) electrons. The van der Waals surface area contributed by atoms with Crippen molar-refractivity contribution in [1.29, 1.82) is 0 Å². The van der Waals surface area contributed by atoms with Crippen molar-refractivity contribution in [2.45, 2.75) is 32.8 Å². The SMILES string of the molecule is CC1=C2C(=O)N(Cc3ccc(OC(F)(F)F)cc3)CC2=CC(c2cccc(CN(C)C)c2)=CC1. The third kappa shape index (κ3) is 5.59. The van der Waals surface area contributed by atoms with E-state index in [1.807, 2.05) is 21.0 Å². The van der Waals surface area contributed by atoms with Crippen LogP contribution in [0.25, 0.3) is 5.57 Å². The van der Waals surface area contributed by atoms with E-state index in [2.05, 4.69) is 46.1 Å². The average molecular weight is 469 g/mol. The zero-order chi connectivity index (χ0) is 24.5. The number of nitrogens with zero attached hydrogens (tertiary/aromatic N) is 2. The number of likely N-dealkylation sites (tertiary alicyclic amines) is 1. The highest BCUT2D eigenvalue weighted by molar-refractivity contribution is 6.03. The van der Waals surface area contributed by atoms with E-state index in [4.69, 9.17) is 0 Å². The molecular formula is C27H27F3N2O2. The van der Waals surface area contributed by atoms with E-state index in [1.54, 1.807) is 17.0 Å². The van der Waals surface area contributed by atoms with Gasteiger partial charge in [-0.1, -0.05) is 42.0 Å². The number of fused-ring (bicyclic) bond motifs is 1. The lowest BCUT2D eigenvalue weighted by Crippen LogP contribution is -2.25. The maximum atomic E-state index is 13.2. The summed E-state index contributed by atoms with van der Waals surface area (Å²) in [6.45, 7) is 3.60. The molecule has 1 aliphatic carbocycles.